The minimum absolute atomic E-state index is 0.241. The first-order valence-electron chi connectivity index (χ1n) is 8.37. The Balaban J connectivity index is 2.26. The zero-order valence-corrected chi connectivity index (χ0v) is 15.4. The lowest BCUT2D eigenvalue weighted by Crippen LogP contribution is -2.23. The van der Waals surface area contributed by atoms with Crippen molar-refractivity contribution in [2.24, 2.45) is 0 Å². The van der Waals surface area contributed by atoms with Gasteiger partial charge in [0.2, 0.25) is 0 Å². The van der Waals surface area contributed by atoms with Gasteiger partial charge in [-0.3, -0.25) is 9.59 Å². The van der Waals surface area contributed by atoms with Crippen molar-refractivity contribution in [1.29, 1.82) is 0 Å². The van der Waals surface area contributed by atoms with Crippen LogP contribution in [0.3, 0.4) is 0 Å². The maximum Gasteiger partial charge on any atom is 0.306 e. The fourth-order valence-corrected chi connectivity index (χ4v) is 2.82. The molecule has 0 aliphatic heterocycles. The molecule has 0 unspecified atom stereocenters. The van der Waals surface area contributed by atoms with E-state index in [-0.39, 0.29) is 18.3 Å². The third-order valence-electron chi connectivity index (χ3n) is 3.79. The van der Waals surface area contributed by atoms with Gasteiger partial charge in [-0.25, -0.2) is 4.39 Å². The first-order chi connectivity index (χ1) is 11.6. The van der Waals surface area contributed by atoms with Crippen LogP contribution in [0, 0.1) is 12.7 Å². The molecule has 25 heavy (non-hydrogen) atoms. The molecule has 2 N–H and O–H groups in total. The molecule has 0 bridgehead atoms. The topological polar surface area (TPSA) is 71.2 Å². The van der Waals surface area contributed by atoms with E-state index in [2.05, 4.69) is 10.3 Å². The van der Waals surface area contributed by atoms with Gasteiger partial charge in [-0.05, 0) is 63.8 Å². The highest BCUT2D eigenvalue weighted by Gasteiger charge is 2.20. The van der Waals surface area contributed by atoms with Crippen molar-refractivity contribution in [1.82, 2.24) is 10.3 Å². The Labute approximate surface area is 146 Å². The van der Waals surface area contributed by atoms with Crippen molar-refractivity contribution < 1.29 is 18.7 Å². The van der Waals surface area contributed by atoms with Gasteiger partial charge in [0, 0.05) is 18.9 Å². The van der Waals surface area contributed by atoms with Crippen LogP contribution in [0.5, 0.6) is 0 Å². The number of ether oxygens (including phenoxy) is 1. The number of esters is 1. The monoisotopic (exact) mass is 348 g/mol. The van der Waals surface area contributed by atoms with Crippen LogP contribution in [0.1, 0.15) is 55.2 Å². The molecule has 136 valence electrons. The van der Waals surface area contributed by atoms with Crippen molar-refractivity contribution in [3.05, 3.63) is 34.8 Å². The summed E-state index contributed by atoms with van der Waals surface area (Å²) in [5.74, 6) is -0.977. The Hall–Kier alpha value is -2.37. The number of carbonyl (C=O) groups excluding carboxylic acids is 2. The van der Waals surface area contributed by atoms with Crippen LogP contribution >= 0.6 is 0 Å². The van der Waals surface area contributed by atoms with Crippen LogP contribution in [0.2, 0.25) is 0 Å². The molecule has 0 spiro atoms. The maximum atomic E-state index is 14.2. The number of hydrogen-bond acceptors (Lipinski definition) is 3. The first kappa shape index (κ1) is 19.0. The van der Waals surface area contributed by atoms with E-state index in [0.717, 1.165) is 11.1 Å². The summed E-state index contributed by atoms with van der Waals surface area (Å²) >= 11 is 0. The fraction of sp³-hybridized carbons (Fsp3) is 0.474. The van der Waals surface area contributed by atoms with E-state index in [1.54, 1.807) is 6.92 Å². The molecule has 1 amide bonds. The summed E-state index contributed by atoms with van der Waals surface area (Å²) in [4.78, 5) is 26.9. The van der Waals surface area contributed by atoms with E-state index in [9.17, 15) is 14.0 Å². The molecule has 1 heterocycles. The number of H-pyrrole nitrogens is 1. The van der Waals surface area contributed by atoms with E-state index in [1.807, 2.05) is 26.8 Å². The lowest BCUT2D eigenvalue weighted by Gasteiger charge is -2.19. The van der Waals surface area contributed by atoms with Gasteiger partial charge in [0.25, 0.3) is 5.91 Å². The van der Waals surface area contributed by atoms with E-state index >= 15 is 0 Å². The van der Waals surface area contributed by atoms with Crippen molar-refractivity contribution in [2.75, 3.05) is 7.05 Å². The normalized spacial score (nSPS) is 11.6. The standard InChI is InChI=1S/C19H25FN2O3/c1-11-9-13-12(7-6-8-15(23)25-19(2,3)4)17(18(24)21-5)22-16(13)14(20)10-11/h9-10,22H,6-8H2,1-5H3,(H,21,24). The number of fused-ring (bicyclic) bond motifs is 1. The number of rotatable bonds is 5. The van der Waals surface area contributed by atoms with Crippen LogP contribution in [-0.4, -0.2) is 29.5 Å². The van der Waals surface area contributed by atoms with E-state index < -0.39 is 11.4 Å². The van der Waals surface area contributed by atoms with E-state index in [4.69, 9.17) is 4.74 Å². The van der Waals surface area contributed by atoms with Crippen molar-refractivity contribution >= 4 is 22.8 Å². The average Bonchev–Trinajstić information content (AvgIpc) is 2.84. The highest BCUT2D eigenvalue weighted by molar-refractivity contribution is 6.01. The second kappa shape index (κ2) is 7.25. The van der Waals surface area contributed by atoms with Gasteiger partial charge >= 0.3 is 5.97 Å². The lowest BCUT2D eigenvalue weighted by molar-refractivity contribution is -0.154. The molecule has 0 atom stereocenters. The second-order valence-electron chi connectivity index (χ2n) is 7.17. The minimum Gasteiger partial charge on any atom is -0.460 e. The van der Waals surface area contributed by atoms with Gasteiger partial charge in [0.1, 0.15) is 17.1 Å². The molecule has 0 saturated carbocycles. The quantitative estimate of drug-likeness (QED) is 0.811. The summed E-state index contributed by atoms with van der Waals surface area (Å²) in [5, 5.41) is 3.24. The van der Waals surface area contributed by atoms with Gasteiger partial charge in [0.15, 0.2) is 0 Å². The smallest absolute Gasteiger partial charge is 0.306 e. The summed E-state index contributed by atoms with van der Waals surface area (Å²) in [6.45, 7) is 7.26. The average molecular weight is 348 g/mol. The molecule has 2 aromatic rings. The number of hydrogen-bond donors (Lipinski definition) is 2. The molecular formula is C19H25FN2O3. The predicted octanol–water partition coefficient (Wildman–Crippen LogP) is 3.64. The highest BCUT2D eigenvalue weighted by atomic mass is 19.1. The molecule has 0 aliphatic rings. The molecule has 0 aliphatic carbocycles. The molecule has 0 saturated heterocycles. The van der Waals surface area contributed by atoms with Crippen LogP contribution in [-0.2, 0) is 16.0 Å². The van der Waals surface area contributed by atoms with Crippen LogP contribution in [0.4, 0.5) is 4.39 Å². The van der Waals surface area contributed by atoms with Gasteiger partial charge in [0.05, 0.1) is 5.52 Å². The molecule has 1 aromatic heterocycles. The van der Waals surface area contributed by atoms with Crippen molar-refractivity contribution in [3.63, 3.8) is 0 Å². The Morgan fingerprint density at radius 3 is 2.56 bits per heavy atom. The zero-order valence-electron chi connectivity index (χ0n) is 15.4. The highest BCUT2D eigenvalue weighted by Crippen LogP contribution is 2.28. The van der Waals surface area contributed by atoms with Crippen molar-refractivity contribution in [2.45, 2.75) is 52.6 Å². The van der Waals surface area contributed by atoms with Crippen LogP contribution in [0.15, 0.2) is 12.1 Å². The number of halogens is 1. The fourth-order valence-electron chi connectivity index (χ4n) is 2.82. The summed E-state index contributed by atoms with van der Waals surface area (Å²) in [7, 11) is 1.53. The first-order valence-corrected chi connectivity index (χ1v) is 8.37. The minimum atomic E-state index is -0.522. The number of amides is 1. The van der Waals surface area contributed by atoms with E-state index in [1.165, 1.54) is 13.1 Å². The zero-order chi connectivity index (χ0) is 18.8. The number of aromatic amines is 1. The number of aryl methyl sites for hydroxylation is 2. The molecular weight excluding hydrogens is 323 g/mol. The number of benzene rings is 1. The van der Waals surface area contributed by atoms with E-state index in [0.29, 0.717) is 29.4 Å². The lowest BCUT2D eigenvalue weighted by atomic mass is 10.0. The van der Waals surface area contributed by atoms with Gasteiger partial charge in [-0.2, -0.15) is 0 Å². The maximum absolute atomic E-state index is 14.2. The molecule has 0 fully saturated rings. The Morgan fingerprint density at radius 1 is 1.28 bits per heavy atom. The predicted molar refractivity (Wildman–Crippen MR) is 95.2 cm³/mol. The molecule has 6 heteroatoms. The Kier molecular flexibility index (Phi) is 5.50. The van der Waals surface area contributed by atoms with Crippen LogP contribution < -0.4 is 5.32 Å². The summed E-state index contributed by atoms with van der Waals surface area (Å²) in [6.07, 6.45) is 1.23. The van der Waals surface area contributed by atoms with Gasteiger partial charge in [-0.1, -0.05) is 0 Å². The molecule has 5 nitrogen and oxygen atoms in total. The van der Waals surface area contributed by atoms with Crippen molar-refractivity contribution in [3.8, 4) is 0 Å². The Morgan fingerprint density at radius 2 is 1.96 bits per heavy atom. The third kappa shape index (κ3) is 4.59. The molecule has 2 rings (SSSR count). The summed E-state index contributed by atoms with van der Waals surface area (Å²) in [5.41, 5.74) is 1.63. The molecule has 0 radical (unpaired) electrons. The number of nitrogens with one attached hydrogen (secondary N) is 2. The third-order valence-corrected chi connectivity index (χ3v) is 3.79. The largest absolute Gasteiger partial charge is 0.460 e. The van der Waals surface area contributed by atoms with Gasteiger partial charge < -0.3 is 15.0 Å². The number of aromatic nitrogens is 1. The number of carbonyl (C=O) groups is 2. The SMILES string of the molecule is CNC(=O)c1[nH]c2c(F)cc(C)cc2c1CCCC(=O)OC(C)(C)C. The van der Waals surface area contributed by atoms with Crippen LogP contribution in [0.25, 0.3) is 10.9 Å². The summed E-state index contributed by atoms with van der Waals surface area (Å²) in [6, 6.07) is 3.28. The Bertz CT molecular complexity index is 803. The van der Waals surface area contributed by atoms with Gasteiger partial charge in [-0.15, -0.1) is 0 Å². The summed E-state index contributed by atoms with van der Waals surface area (Å²) < 4.78 is 19.5. The second-order valence-corrected chi connectivity index (χ2v) is 7.17. The molecule has 1 aromatic carbocycles.